The zero-order valence-electron chi connectivity index (χ0n) is 17.9. The molecule has 162 valence electrons. The van der Waals surface area contributed by atoms with E-state index in [1.807, 2.05) is 31.2 Å². The fourth-order valence-corrected chi connectivity index (χ4v) is 3.62. The Morgan fingerprint density at radius 1 is 0.935 bits per heavy atom. The lowest BCUT2D eigenvalue weighted by molar-refractivity contribution is -0.136. The standard InChI is InChI=1S/C25H29N3O3/c1-18-8-7-11-20(16-18)17-27-23(29)21-12-5-6-13-22(21)28-25(31)24(30)26-15-14-19-9-3-2-4-10-19/h5-9,11-13,16H,2-4,10,14-15,17H2,1H3,(H,26,30)(H,27,29)(H,28,31). The lowest BCUT2D eigenvalue weighted by atomic mass is 9.97. The summed E-state index contributed by atoms with van der Waals surface area (Å²) in [5.74, 6) is -1.80. The normalized spacial score (nSPS) is 13.1. The van der Waals surface area contributed by atoms with Crippen molar-refractivity contribution < 1.29 is 14.4 Å². The Morgan fingerprint density at radius 2 is 1.77 bits per heavy atom. The zero-order chi connectivity index (χ0) is 22.1. The number of anilines is 1. The first-order valence-corrected chi connectivity index (χ1v) is 10.7. The van der Waals surface area contributed by atoms with Crippen LogP contribution < -0.4 is 16.0 Å². The first kappa shape index (κ1) is 22.3. The third-order valence-corrected chi connectivity index (χ3v) is 5.28. The van der Waals surface area contributed by atoms with Crippen LogP contribution in [-0.2, 0) is 16.1 Å². The van der Waals surface area contributed by atoms with Crippen molar-refractivity contribution in [2.24, 2.45) is 0 Å². The van der Waals surface area contributed by atoms with Crippen molar-refractivity contribution in [3.63, 3.8) is 0 Å². The average Bonchev–Trinajstić information content (AvgIpc) is 2.78. The monoisotopic (exact) mass is 419 g/mol. The zero-order valence-corrected chi connectivity index (χ0v) is 17.9. The molecular weight excluding hydrogens is 390 g/mol. The van der Waals surface area contributed by atoms with Crippen LogP contribution in [0.15, 0.2) is 60.2 Å². The maximum Gasteiger partial charge on any atom is 0.313 e. The smallest absolute Gasteiger partial charge is 0.313 e. The Kier molecular flexibility index (Phi) is 7.98. The molecule has 1 aliphatic carbocycles. The Labute approximate surface area is 183 Å². The largest absolute Gasteiger partial charge is 0.348 e. The minimum atomic E-state index is -0.781. The molecule has 0 aromatic heterocycles. The second-order valence-electron chi connectivity index (χ2n) is 7.79. The topological polar surface area (TPSA) is 87.3 Å². The molecule has 3 amide bonds. The molecular formula is C25H29N3O3. The molecule has 0 fully saturated rings. The number of rotatable bonds is 7. The number of hydrogen-bond acceptors (Lipinski definition) is 3. The summed E-state index contributed by atoms with van der Waals surface area (Å²) < 4.78 is 0. The van der Waals surface area contributed by atoms with E-state index in [4.69, 9.17) is 0 Å². The van der Waals surface area contributed by atoms with Crippen molar-refractivity contribution in [2.75, 3.05) is 11.9 Å². The SMILES string of the molecule is Cc1cccc(CNC(=O)c2ccccc2NC(=O)C(=O)NCCC2=CCCCC2)c1. The molecule has 0 aliphatic heterocycles. The quantitative estimate of drug-likeness (QED) is 0.470. The van der Waals surface area contributed by atoms with Crippen LogP contribution in [0.5, 0.6) is 0 Å². The molecule has 0 saturated carbocycles. The molecule has 0 spiro atoms. The van der Waals surface area contributed by atoms with Crippen LogP contribution in [0, 0.1) is 6.92 Å². The van der Waals surface area contributed by atoms with Crippen molar-refractivity contribution in [1.82, 2.24) is 10.6 Å². The number of nitrogens with one attached hydrogen (secondary N) is 3. The maximum absolute atomic E-state index is 12.7. The van der Waals surface area contributed by atoms with Crippen molar-refractivity contribution >= 4 is 23.4 Å². The molecule has 0 saturated heterocycles. The first-order chi connectivity index (χ1) is 15.0. The number of aryl methyl sites for hydroxylation is 1. The predicted molar refractivity (Wildman–Crippen MR) is 122 cm³/mol. The summed E-state index contributed by atoms with van der Waals surface area (Å²) in [5.41, 5.74) is 4.05. The summed E-state index contributed by atoms with van der Waals surface area (Å²) >= 11 is 0. The highest BCUT2D eigenvalue weighted by atomic mass is 16.2. The molecule has 3 N–H and O–H groups in total. The number of carbonyl (C=O) groups is 3. The van der Waals surface area contributed by atoms with Crippen molar-refractivity contribution in [3.05, 3.63) is 76.9 Å². The van der Waals surface area contributed by atoms with E-state index in [1.54, 1.807) is 24.3 Å². The average molecular weight is 420 g/mol. The molecule has 6 heteroatoms. The van der Waals surface area contributed by atoms with E-state index in [1.165, 1.54) is 18.4 Å². The van der Waals surface area contributed by atoms with Gasteiger partial charge in [-0.15, -0.1) is 0 Å². The van der Waals surface area contributed by atoms with E-state index in [9.17, 15) is 14.4 Å². The van der Waals surface area contributed by atoms with Crippen LogP contribution in [0.4, 0.5) is 5.69 Å². The minimum absolute atomic E-state index is 0.305. The molecule has 2 aromatic rings. The Morgan fingerprint density at radius 3 is 2.55 bits per heavy atom. The molecule has 2 aromatic carbocycles. The molecule has 0 unspecified atom stereocenters. The number of amides is 3. The van der Waals surface area contributed by atoms with Crippen LogP contribution in [0.1, 0.15) is 53.6 Å². The third kappa shape index (κ3) is 6.81. The van der Waals surface area contributed by atoms with Crippen LogP contribution in [0.25, 0.3) is 0 Å². The maximum atomic E-state index is 12.7. The molecule has 31 heavy (non-hydrogen) atoms. The third-order valence-electron chi connectivity index (χ3n) is 5.28. The molecule has 0 radical (unpaired) electrons. The molecule has 6 nitrogen and oxygen atoms in total. The van der Waals surface area contributed by atoms with E-state index < -0.39 is 11.8 Å². The summed E-state index contributed by atoms with van der Waals surface area (Å²) in [4.78, 5) is 37.1. The Hall–Kier alpha value is -3.41. The van der Waals surface area contributed by atoms with Crippen molar-refractivity contribution in [3.8, 4) is 0 Å². The first-order valence-electron chi connectivity index (χ1n) is 10.7. The van der Waals surface area contributed by atoms with Gasteiger partial charge in [0.1, 0.15) is 0 Å². The van der Waals surface area contributed by atoms with Gasteiger partial charge < -0.3 is 16.0 Å². The molecule has 0 heterocycles. The number of carbonyl (C=O) groups excluding carboxylic acids is 3. The van der Waals surface area contributed by atoms with E-state index in [-0.39, 0.29) is 5.91 Å². The van der Waals surface area contributed by atoms with Crippen LogP contribution >= 0.6 is 0 Å². The molecule has 0 atom stereocenters. The highest BCUT2D eigenvalue weighted by Gasteiger charge is 2.18. The van der Waals surface area contributed by atoms with Crippen LogP contribution in [-0.4, -0.2) is 24.3 Å². The van der Waals surface area contributed by atoms with Gasteiger partial charge in [-0.1, -0.05) is 53.6 Å². The number of allylic oxidation sites excluding steroid dienone is 1. The molecule has 0 bridgehead atoms. The summed E-state index contributed by atoms with van der Waals surface area (Å²) in [6, 6.07) is 14.5. The second-order valence-corrected chi connectivity index (χ2v) is 7.79. The summed E-state index contributed by atoms with van der Waals surface area (Å²) in [6.45, 7) is 2.79. The van der Waals surface area contributed by atoms with Crippen LogP contribution in [0.3, 0.4) is 0 Å². The van der Waals surface area contributed by atoms with E-state index in [0.717, 1.165) is 30.4 Å². The second kappa shape index (κ2) is 11.1. The van der Waals surface area contributed by atoms with Gasteiger partial charge in [-0.25, -0.2) is 0 Å². The summed E-state index contributed by atoms with van der Waals surface area (Å²) in [6.07, 6.45) is 7.54. The Bertz CT molecular complexity index is 981. The van der Waals surface area contributed by atoms with Crippen molar-refractivity contribution in [1.29, 1.82) is 0 Å². The summed E-state index contributed by atoms with van der Waals surface area (Å²) in [7, 11) is 0. The van der Waals surface area contributed by atoms with E-state index >= 15 is 0 Å². The van der Waals surface area contributed by atoms with Gasteiger partial charge >= 0.3 is 11.8 Å². The number of benzene rings is 2. The van der Waals surface area contributed by atoms with Gasteiger partial charge in [-0.05, 0) is 56.7 Å². The van der Waals surface area contributed by atoms with Gasteiger partial charge in [0.15, 0.2) is 0 Å². The number of hydrogen-bond donors (Lipinski definition) is 3. The fraction of sp³-hybridized carbons (Fsp3) is 0.320. The van der Waals surface area contributed by atoms with Gasteiger partial charge in [0, 0.05) is 13.1 Å². The molecule has 1 aliphatic rings. The molecule has 3 rings (SSSR count). The lowest BCUT2D eigenvalue weighted by Crippen LogP contribution is -2.36. The van der Waals surface area contributed by atoms with E-state index in [0.29, 0.717) is 24.3 Å². The summed E-state index contributed by atoms with van der Waals surface area (Å²) in [5, 5.41) is 8.08. The number of para-hydroxylation sites is 1. The van der Waals surface area contributed by atoms with Crippen LogP contribution in [0.2, 0.25) is 0 Å². The predicted octanol–water partition coefficient (Wildman–Crippen LogP) is 3.87. The van der Waals surface area contributed by atoms with Gasteiger partial charge in [0.2, 0.25) is 0 Å². The van der Waals surface area contributed by atoms with Gasteiger partial charge in [-0.2, -0.15) is 0 Å². The van der Waals surface area contributed by atoms with Gasteiger partial charge in [-0.3, -0.25) is 14.4 Å². The van der Waals surface area contributed by atoms with Gasteiger partial charge in [0.25, 0.3) is 5.91 Å². The lowest BCUT2D eigenvalue weighted by Gasteiger charge is -2.13. The Balaban J connectivity index is 1.53. The van der Waals surface area contributed by atoms with Gasteiger partial charge in [0.05, 0.1) is 11.3 Å². The van der Waals surface area contributed by atoms with E-state index in [2.05, 4.69) is 22.0 Å². The highest BCUT2D eigenvalue weighted by Crippen LogP contribution is 2.19. The minimum Gasteiger partial charge on any atom is -0.348 e. The highest BCUT2D eigenvalue weighted by molar-refractivity contribution is 6.40. The van der Waals surface area contributed by atoms with Crippen molar-refractivity contribution in [2.45, 2.75) is 45.6 Å². The fourth-order valence-electron chi connectivity index (χ4n) is 3.62.